The molecule has 4 N–H and O–H groups in total. The van der Waals surface area contributed by atoms with Crippen molar-refractivity contribution < 1.29 is 9.90 Å². The van der Waals surface area contributed by atoms with Crippen molar-refractivity contribution in [2.75, 3.05) is 11.1 Å². The van der Waals surface area contributed by atoms with E-state index in [1.807, 2.05) is 53.7 Å². The van der Waals surface area contributed by atoms with E-state index in [2.05, 4.69) is 5.32 Å². The lowest BCUT2D eigenvalue weighted by atomic mass is 9.78. The smallest absolute Gasteiger partial charge is 0.337 e. The number of hydrogen-bond donors (Lipinski definition) is 3. The molecule has 3 aromatic rings. The van der Waals surface area contributed by atoms with Crippen LogP contribution < -0.4 is 22.3 Å². The maximum absolute atomic E-state index is 12.9. The molecule has 0 radical (unpaired) electrons. The standard InChI is InChI=1S/C28H36N4O4/c1-27(2,3)19-15-17(16-20(23(19)34)28(4,5)6)13-14-21(33)30-22-24(29)32(18-11-9-8-10-12-18)26(36)31(7)25(22)35/h8-12,15-16,34H,13-14,29H2,1-7H3,(H,30,33). The number of rotatable bonds is 5. The van der Waals surface area contributed by atoms with Crippen molar-refractivity contribution in [3.63, 3.8) is 0 Å². The van der Waals surface area contributed by atoms with E-state index in [0.29, 0.717) is 12.1 Å². The van der Waals surface area contributed by atoms with Gasteiger partial charge in [0.1, 0.15) is 17.3 Å². The Morgan fingerprint density at radius 2 is 1.50 bits per heavy atom. The van der Waals surface area contributed by atoms with Crippen molar-refractivity contribution >= 4 is 17.4 Å². The van der Waals surface area contributed by atoms with E-state index in [1.165, 1.54) is 11.6 Å². The van der Waals surface area contributed by atoms with E-state index < -0.39 is 17.2 Å². The SMILES string of the molecule is Cn1c(=O)c(NC(=O)CCc2cc(C(C)(C)C)c(O)c(C(C)(C)C)c2)c(N)n(-c2ccccc2)c1=O. The molecule has 1 aromatic heterocycles. The molecular formula is C28H36N4O4. The molecule has 0 aliphatic heterocycles. The van der Waals surface area contributed by atoms with E-state index in [4.69, 9.17) is 5.73 Å². The number of carbonyl (C=O) groups excluding carboxylic acids is 1. The highest BCUT2D eigenvalue weighted by Gasteiger charge is 2.27. The van der Waals surface area contributed by atoms with Gasteiger partial charge in [0.15, 0.2) is 0 Å². The van der Waals surface area contributed by atoms with Crippen molar-refractivity contribution in [2.24, 2.45) is 7.05 Å². The lowest BCUT2D eigenvalue weighted by Gasteiger charge is -2.28. The van der Waals surface area contributed by atoms with Crippen molar-refractivity contribution in [3.05, 3.63) is 80.0 Å². The van der Waals surface area contributed by atoms with Crippen LogP contribution in [0.15, 0.2) is 52.1 Å². The zero-order chi connectivity index (χ0) is 27.0. The van der Waals surface area contributed by atoms with Crippen LogP contribution in [0.2, 0.25) is 0 Å². The quantitative estimate of drug-likeness (QED) is 0.498. The Kier molecular flexibility index (Phi) is 7.20. The number of aromatic nitrogens is 2. The van der Waals surface area contributed by atoms with Gasteiger partial charge in [-0.3, -0.25) is 14.2 Å². The largest absolute Gasteiger partial charge is 0.507 e. The Balaban J connectivity index is 1.92. The molecule has 0 atom stereocenters. The number of phenols is 1. The Labute approximate surface area is 211 Å². The second-order valence-corrected chi connectivity index (χ2v) is 11.2. The monoisotopic (exact) mass is 492 g/mol. The summed E-state index contributed by atoms with van der Waals surface area (Å²) in [5.74, 6) is -0.250. The first-order valence-corrected chi connectivity index (χ1v) is 12.0. The summed E-state index contributed by atoms with van der Waals surface area (Å²) in [7, 11) is 1.34. The van der Waals surface area contributed by atoms with Gasteiger partial charge in [0, 0.05) is 13.5 Å². The van der Waals surface area contributed by atoms with Gasteiger partial charge in [0.2, 0.25) is 5.91 Å². The van der Waals surface area contributed by atoms with E-state index in [9.17, 15) is 19.5 Å². The molecule has 0 spiro atoms. The van der Waals surface area contributed by atoms with Crippen LogP contribution in [0, 0.1) is 0 Å². The van der Waals surface area contributed by atoms with Crippen molar-refractivity contribution in [2.45, 2.75) is 65.2 Å². The summed E-state index contributed by atoms with van der Waals surface area (Å²) in [5.41, 5.74) is 7.25. The van der Waals surface area contributed by atoms with Gasteiger partial charge in [-0.2, -0.15) is 0 Å². The van der Waals surface area contributed by atoms with Crippen molar-refractivity contribution in [1.29, 1.82) is 0 Å². The van der Waals surface area contributed by atoms with Gasteiger partial charge >= 0.3 is 5.69 Å². The number of aryl methyl sites for hydroxylation is 1. The molecule has 1 amide bonds. The van der Waals surface area contributed by atoms with E-state index in [1.54, 1.807) is 30.3 Å². The van der Waals surface area contributed by atoms with Gasteiger partial charge in [0.05, 0.1) is 5.69 Å². The zero-order valence-electron chi connectivity index (χ0n) is 22.1. The zero-order valence-corrected chi connectivity index (χ0v) is 22.1. The lowest BCUT2D eigenvalue weighted by molar-refractivity contribution is -0.116. The highest BCUT2D eigenvalue weighted by Crippen LogP contribution is 2.40. The van der Waals surface area contributed by atoms with Gasteiger partial charge < -0.3 is 16.2 Å². The van der Waals surface area contributed by atoms with Crippen LogP contribution in [-0.4, -0.2) is 20.1 Å². The maximum Gasteiger partial charge on any atom is 0.337 e. The van der Waals surface area contributed by atoms with Gasteiger partial charge in [-0.15, -0.1) is 0 Å². The molecule has 0 unspecified atom stereocenters. The van der Waals surface area contributed by atoms with Gasteiger partial charge in [-0.25, -0.2) is 9.36 Å². The van der Waals surface area contributed by atoms with Crippen LogP contribution >= 0.6 is 0 Å². The van der Waals surface area contributed by atoms with E-state index >= 15 is 0 Å². The van der Waals surface area contributed by atoms with Crippen LogP contribution in [0.1, 0.15) is 64.7 Å². The molecule has 0 aliphatic carbocycles. The second kappa shape index (κ2) is 9.68. The minimum absolute atomic E-state index is 0.0883. The first-order valence-electron chi connectivity index (χ1n) is 12.0. The van der Waals surface area contributed by atoms with Crippen LogP contribution in [0.4, 0.5) is 11.5 Å². The predicted octanol–water partition coefficient (Wildman–Crippen LogP) is 3.99. The van der Waals surface area contributed by atoms with Gasteiger partial charge in [-0.05, 0) is 46.1 Å². The third kappa shape index (κ3) is 5.37. The summed E-state index contributed by atoms with van der Waals surface area (Å²) in [6, 6.07) is 12.5. The van der Waals surface area contributed by atoms with E-state index in [0.717, 1.165) is 21.3 Å². The normalized spacial score (nSPS) is 12.0. The molecule has 1 heterocycles. The molecule has 0 saturated carbocycles. The summed E-state index contributed by atoms with van der Waals surface area (Å²) in [6.07, 6.45) is 0.488. The maximum atomic E-state index is 12.9. The number of nitrogens with two attached hydrogens (primary N) is 1. The Morgan fingerprint density at radius 3 is 2.00 bits per heavy atom. The molecule has 0 aliphatic rings. The number of nitrogens with zero attached hydrogens (tertiary/aromatic N) is 2. The molecule has 8 nitrogen and oxygen atoms in total. The number of hydrogen-bond acceptors (Lipinski definition) is 5. The molecule has 0 saturated heterocycles. The average molecular weight is 493 g/mol. The Morgan fingerprint density at radius 1 is 0.972 bits per heavy atom. The van der Waals surface area contributed by atoms with Gasteiger partial charge in [0.25, 0.3) is 5.56 Å². The van der Waals surface area contributed by atoms with Crippen molar-refractivity contribution in [3.8, 4) is 11.4 Å². The number of anilines is 2. The highest BCUT2D eigenvalue weighted by molar-refractivity contribution is 5.93. The van der Waals surface area contributed by atoms with Crippen LogP contribution in [0.5, 0.6) is 5.75 Å². The van der Waals surface area contributed by atoms with Gasteiger partial charge in [-0.1, -0.05) is 71.9 Å². The first kappa shape index (κ1) is 26.8. The topological polar surface area (TPSA) is 119 Å². The van der Waals surface area contributed by atoms with E-state index in [-0.39, 0.29) is 34.5 Å². The molecule has 3 rings (SSSR count). The fraction of sp³-hybridized carbons (Fsp3) is 0.393. The van der Waals surface area contributed by atoms with Crippen LogP contribution in [0.25, 0.3) is 5.69 Å². The third-order valence-corrected chi connectivity index (χ3v) is 6.20. The fourth-order valence-corrected chi connectivity index (χ4v) is 4.11. The minimum atomic E-state index is -0.673. The first-order chi connectivity index (χ1) is 16.6. The Hall–Kier alpha value is -3.81. The number of phenolic OH excluding ortho intramolecular Hbond substituents is 1. The number of carbonyl (C=O) groups is 1. The molecule has 192 valence electrons. The van der Waals surface area contributed by atoms with Crippen LogP contribution in [0.3, 0.4) is 0 Å². The lowest BCUT2D eigenvalue weighted by Crippen LogP contribution is -2.40. The minimum Gasteiger partial charge on any atom is -0.507 e. The number of para-hydroxylation sites is 1. The molecular weight excluding hydrogens is 456 g/mol. The summed E-state index contributed by atoms with van der Waals surface area (Å²) >= 11 is 0. The number of benzene rings is 2. The molecule has 0 fully saturated rings. The summed E-state index contributed by atoms with van der Waals surface area (Å²) < 4.78 is 2.12. The van der Waals surface area contributed by atoms with Crippen molar-refractivity contribution in [1.82, 2.24) is 9.13 Å². The third-order valence-electron chi connectivity index (χ3n) is 6.20. The predicted molar refractivity (Wildman–Crippen MR) is 144 cm³/mol. The fourth-order valence-electron chi connectivity index (χ4n) is 4.11. The molecule has 2 aromatic carbocycles. The number of nitrogen functional groups attached to an aromatic ring is 1. The Bertz CT molecular complexity index is 1370. The highest BCUT2D eigenvalue weighted by atomic mass is 16.3. The summed E-state index contributed by atoms with van der Waals surface area (Å²) in [5, 5.41) is 13.5. The summed E-state index contributed by atoms with van der Waals surface area (Å²) in [4.78, 5) is 38.4. The summed E-state index contributed by atoms with van der Waals surface area (Å²) in [6.45, 7) is 12.2. The molecule has 8 heteroatoms. The molecule has 0 bridgehead atoms. The number of amides is 1. The average Bonchev–Trinajstić information content (AvgIpc) is 2.79. The number of nitrogens with one attached hydrogen (secondary N) is 1. The second-order valence-electron chi connectivity index (χ2n) is 11.2. The van der Waals surface area contributed by atoms with Crippen LogP contribution in [-0.2, 0) is 29.1 Å². The molecule has 36 heavy (non-hydrogen) atoms. The number of aromatic hydroxyl groups is 1.